The Morgan fingerprint density at radius 2 is 2.06 bits per heavy atom. The molecule has 0 unspecified atom stereocenters. The Balaban J connectivity index is 2.01. The number of fused-ring (bicyclic) bond motifs is 1. The van der Waals surface area contributed by atoms with E-state index in [1.54, 1.807) is 11.5 Å². The summed E-state index contributed by atoms with van der Waals surface area (Å²) in [6.07, 6.45) is 3.50. The summed E-state index contributed by atoms with van der Waals surface area (Å²) in [5, 5.41) is 2.53. The van der Waals surface area contributed by atoms with Crippen molar-refractivity contribution in [3.05, 3.63) is 24.3 Å². The van der Waals surface area contributed by atoms with Gasteiger partial charge in [0.25, 0.3) is 0 Å². The molecule has 2 nitrogen and oxygen atoms in total. The molecular weight excluding hydrogens is 252 g/mol. The van der Waals surface area contributed by atoms with Gasteiger partial charge in [-0.15, -0.1) is 11.6 Å². The van der Waals surface area contributed by atoms with Crippen LogP contribution < -0.4 is 4.90 Å². The molecule has 2 rings (SSSR count). The molecule has 0 amide bonds. The van der Waals surface area contributed by atoms with Gasteiger partial charge in [0, 0.05) is 24.9 Å². The lowest BCUT2D eigenvalue weighted by Gasteiger charge is -2.16. The van der Waals surface area contributed by atoms with Gasteiger partial charge in [-0.2, -0.15) is 4.37 Å². The molecule has 0 bridgehead atoms. The topological polar surface area (TPSA) is 16.1 Å². The second-order valence-corrected chi connectivity index (χ2v) is 5.31. The molecule has 4 heteroatoms. The van der Waals surface area contributed by atoms with E-state index in [-0.39, 0.29) is 0 Å². The maximum Gasteiger partial charge on any atom is 0.119 e. The van der Waals surface area contributed by atoms with Crippen molar-refractivity contribution in [2.75, 3.05) is 24.4 Å². The minimum atomic E-state index is 0.771. The van der Waals surface area contributed by atoms with E-state index in [1.807, 2.05) is 6.07 Å². The van der Waals surface area contributed by atoms with Crippen LogP contribution in [0.15, 0.2) is 24.3 Å². The summed E-state index contributed by atoms with van der Waals surface area (Å²) in [5.74, 6) is 0.771. The number of hydrogen-bond donors (Lipinski definition) is 0. The Morgan fingerprint density at radius 1 is 1.24 bits per heavy atom. The van der Waals surface area contributed by atoms with E-state index < -0.39 is 0 Å². The lowest BCUT2D eigenvalue weighted by molar-refractivity contribution is 0.710. The van der Waals surface area contributed by atoms with Crippen LogP contribution in [-0.2, 0) is 0 Å². The van der Waals surface area contributed by atoms with E-state index in [9.17, 15) is 0 Å². The maximum atomic E-state index is 5.67. The van der Waals surface area contributed by atoms with Gasteiger partial charge in [-0.1, -0.05) is 18.6 Å². The molecule has 0 saturated heterocycles. The molecule has 1 aromatic carbocycles. The van der Waals surface area contributed by atoms with Gasteiger partial charge in [-0.25, -0.2) is 0 Å². The van der Waals surface area contributed by atoms with Crippen molar-refractivity contribution in [1.82, 2.24) is 4.37 Å². The first kappa shape index (κ1) is 12.7. The zero-order valence-electron chi connectivity index (χ0n) is 10.0. The maximum absolute atomic E-state index is 5.67. The molecule has 1 aromatic heterocycles. The lowest BCUT2D eigenvalue weighted by Crippen LogP contribution is -2.17. The molecule has 0 saturated carbocycles. The predicted molar refractivity (Wildman–Crippen MR) is 77.5 cm³/mol. The van der Waals surface area contributed by atoms with Crippen molar-refractivity contribution in [2.24, 2.45) is 0 Å². The normalized spacial score (nSPS) is 10.9. The third-order valence-electron chi connectivity index (χ3n) is 2.84. The zero-order chi connectivity index (χ0) is 12.1. The van der Waals surface area contributed by atoms with Gasteiger partial charge in [0.2, 0.25) is 0 Å². The van der Waals surface area contributed by atoms with Crippen LogP contribution in [0, 0.1) is 0 Å². The number of halogens is 1. The summed E-state index contributed by atoms with van der Waals surface area (Å²) in [7, 11) is 2.14. The Bertz CT molecular complexity index is 469. The molecule has 92 valence electrons. The van der Waals surface area contributed by atoms with Crippen LogP contribution in [-0.4, -0.2) is 23.8 Å². The second kappa shape index (κ2) is 6.22. The molecule has 0 aliphatic heterocycles. The van der Waals surface area contributed by atoms with E-state index >= 15 is 0 Å². The molecule has 17 heavy (non-hydrogen) atoms. The number of anilines is 1. The number of nitrogens with zero attached hydrogens (tertiary/aromatic N) is 2. The van der Waals surface area contributed by atoms with E-state index in [1.165, 1.54) is 23.2 Å². The summed E-state index contributed by atoms with van der Waals surface area (Å²) in [6, 6.07) is 8.31. The summed E-state index contributed by atoms with van der Waals surface area (Å²) in [4.78, 5) is 2.30. The quantitative estimate of drug-likeness (QED) is 0.578. The molecule has 0 radical (unpaired) electrons. The Morgan fingerprint density at radius 3 is 2.88 bits per heavy atom. The van der Waals surface area contributed by atoms with Gasteiger partial charge >= 0.3 is 0 Å². The average molecular weight is 269 g/mol. The van der Waals surface area contributed by atoms with Crippen molar-refractivity contribution in [2.45, 2.75) is 19.3 Å². The van der Waals surface area contributed by atoms with Gasteiger partial charge in [0.1, 0.15) is 5.00 Å². The van der Waals surface area contributed by atoms with Gasteiger partial charge < -0.3 is 4.90 Å². The summed E-state index contributed by atoms with van der Waals surface area (Å²) >= 11 is 7.26. The molecule has 1 heterocycles. The van der Waals surface area contributed by atoms with Crippen LogP contribution in [0.3, 0.4) is 0 Å². The molecular formula is C13H17ClN2S. The van der Waals surface area contributed by atoms with Gasteiger partial charge in [0.05, 0.1) is 5.52 Å². The van der Waals surface area contributed by atoms with Crippen LogP contribution in [0.2, 0.25) is 0 Å². The fraction of sp³-hybridized carbons (Fsp3) is 0.462. The van der Waals surface area contributed by atoms with E-state index in [2.05, 4.69) is 34.5 Å². The molecule has 0 N–H and O–H groups in total. The Labute approximate surface area is 111 Å². The number of benzene rings is 1. The minimum Gasteiger partial charge on any atom is -0.365 e. The highest BCUT2D eigenvalue weighted by atomic mass is 35.5. The fourth-order valence-electron chi connectivity index (χ4n) is 1.87. The third kappa shape index (κ3) is 3.11. The van der Waals surface area contributed by atoms with Crippen molar-refractivity contribution >= 4 is 39.0 Å². The highest BCUT2D eigenvalue weighted by Crippen LogP contribution is 2.30. The number of rotatable bonds is 6. The monoisotopic (exact) mass is 268 g/mol. The highest BCUT2D eigenvalue weighted by molar-refractivity contribution is 7.11. The van der Waals surface area contributed by atoms with E-state index in [0.29, 0.717) is 0 Å². The number of hydrogen-bond acceptors (Lipinski definition) is 3. The minimum absolute atomic E-state index is 0.771. The van der Waals surface area contributed by atoms with Crippen LogP contribution in [0.1, 0.15) is 19.3 Å². The largest absolute Gasteiger partial charge is 0.365 e. The van der Waals surface area contributed by atoms with E-state index in [4.69, 9.17) is 11.6 Å². The van der Waals surface area contributed by atoms with Gasteiger partial charge in [-0.05, 0) is 36.5 Å². The summed E-state index contributed by atoms with van der Waals surface area (Å²) in [6.45, 7) is 1.07. The number of unbranched alkanes of at least 4 members (excludes halogenated alkanes) is 2. The van der Waals surface area contributed by atoms with Crippen LogP contribution in [0.5, 0.6) is 0 Å². The average Bonchev–Trinajstić information content (AvgIpc) is 2.78. The first-order valence-corrected chi connectivity index (χ1v) is 7.25. The summed E-state index contributed by atoms with van der Waals surface area (Å²) < 4.78 is 4.46. The summed E-state index contributed by atoms with van der Waals surface area (Å²) in [5.41, 5.74) is 1.10. The van der Waals surface area contributed by atoms with Crippen LogP contribution in [0.4, 0.5) is 5.00 Å². The Kier molecular flexibility index (Phi) is 4.63. The first-order chi connectivity index (χ1) is 8.33. The van der Waals surface area contributed by atoms with Gasteiger partial charge in [-0.3, -0.25) is 0 Å². The zero-order valence-corrected chi connectivity index (χ0v) is 11.6. The highest BCUT2D eigenvalue weighted by Gasteiger charge is 2.09. The van der Waals surface area contributed by atoms with Gasteiger partial charge in [0.15, 0.2) is 0 Å². The molecule has 0 atom stereocenters. The molecule has 2 aromatic rings. The smallest absolute Gasteiger partial charge is 0.119 e. The molecule has 0 fully saturated rings. The molecule has 0 aliphatic carbocycles. The van der Waals surface area contributed by atoms with Crippen LogP contribution in [0.25, 0.3) is 10.9 Å². The SMILES string of the molecule is CN(CCCCCCl)c1snc2ccccc12. The van der Waals surface area contributed by atoms with Crippen molar-refractivity contribution in [3.63, 3.8) is 0 Å². The number of aromatic nitrogens is 1. The van der Waals surface area contributed by atoms with E-state index in [0.717, 1.165) is 24.4 Å². The lowest BCUT2D eigenvalue weighted by atomic mass is 10.2. The molecule has 0 spiro atoms. The van der Waals surface area contributed by atoms with Crippen molar-refractivity contribution in [1.29, 1.82) is 0 Å². The van der Waals surface area contributed by atoms with Crippen LogP contribution >= 0.6 is 23.1 Å². The predicted octanol–water partition coefficient (Wildman–Crippen LogP) is 4.14. The third-order valence-corrected chi connectivity index (χ3v) is 4.10. The van der Waals surface area contributed by atoms with Crippen molar-refractivity contribution in [3.8, 4) is 0 Å². The molecule has 0 aliphatic rings. The Hall–Kier alpha value is -0.800. The number of alkyl halides is 1. The first-order valence-electron chi connectivity index (χ1n) is 5.94. The fourth-order valence-corrected chi connectivity index (χ4v) is 2.91. The standard InChI is InChI=1S/C13H17ClN2S/c1-16(10-6-2-5-9-14)13-11-7-3-4-8-12(11)15-17-13/h3-4,7-8H,2,5-6,9-10H2,1H3. The van der Waals surface area contributed by atoms with Crippen molar-refractivity contribution < 1.29 is 0 Å². The second-order valence-electron chi connectivity index (χ2n) is 4.18.